The second-order valence-electron chi connectivity index (χ2n) is 4.86. The van der Waals surface area contributed by atoms with Crippen LogP contribution in [0.4, 0.5) is 0 Å². The second-order valence-corrected chi connectivity index (χ2v) is 6.68. The summed E-state index contributed by atoms with van der Waals surface area (Å²) in [6.45, 7) is 1.27. The van der Waals surface area contributed by atoms with Gasteiger partial charge in [0.2, 0.25) is 0 Å². The van der Waals surface area contributed by atoms with Crippen molar-refractivity contribution in [2.75, 3.05) is 0 Å². The molecule has 0 aliphatic rings. The first-order valence-electron chi connectivity index (χ1n) is 6.68. The van der Waals surface area contributed by atoms with Gasteiger partial charge in [0.15, 0.2) is 0 Å². The number of aryl methyl sites for hydroxylation is 1. The highest BCUT2D eigenvalue weighted by Crippen LogP contribution is 2.18. The summed E-state index contributed by atoms with van der Waals surface area (Å²) in [5.41, 5.74) is 1.90. The molecule has 0 atom stereocenters. The van der Waals surface area contributed by atoms with Crippen molar-refractivity contribution in [2.24, 2.45) is 7.05 Å². The molecule has 0 aromatic carbocycles. The molecule has 5 heteroatoms. The molecule has 0 saturated carbocycles. The number of thiophene rings is 2. The highest BCUT2D eigenvalue weighted by molar-refractivity contribution is 7.09. The van der Waals surface area contributed by atoms with Gasteiger partial charge in [-0.25, -0.2) is 0 Å². The van der Waals surface area contributed by atoms with E-state index in [-0.39, 0.29) is 5.91 Å². The molecule has 0 aliphatic heterocycles. The molecule has 108 valence electrons. The number of nitrogens with zero attached hydrogens (tertiary/aromatic N) is 2. The summed E-state index contributed by atoms with van der Waals surface area (Å²) in [5, 5.41) is 5.90. The van der Waals surface area contributed by atoms with Crippen molar-refractivity contribution >= 4 is 28.6 Å². The summed E-state index contributed by atoms with van der Waals surface area (Å²) in [4.78, 5) is 15.8. The topological polar surface area (TPSA) is 25.2 Å². The first-order chi connectivity index (χ1) is 10.2. The third-order valence-electron chi connectivity index (χ3n) is 3.39. The van der Waals surface area contributed by atoms with E-state index in [9.17, 15) is 4.79 Å². The lowest BCUT2D eigenvalue weighted by atomic mass is 10.2. The van der Waals surface area contributed by atoms with Crippen LogP contribution in [0.5, 0.6) is 0 Å². The fourth-order valence-electron chi connectivity index (χ4n) is 2.22. The summed E-state index contributed by atoms with van der Waals surface area (Å²) in [6.07, 6.45) is 2.01. The van der Waals surface area contributed by atoms with Crippen LogP contribution in [0.2, 0.25) is 0 Å². The van der Waals surface area contributed by atoms with Gasteiger partial charge in [0, 0.05) is 29.2 Å². The molecular weight excluding hydrogens is 300 g/mol. The molecule has 21 heavy (non-hydrogen) atoms. The molecule has 1 amide bonds. The molecule has 0 N–H and O–H groups in total. The summed E-state index contributed by atoms with van der Waals surface area (Å²) in [5.74, 6) is 0.0888. The third kappa shape index (κ3) is 3.25. The molecule has 0 radical (unpaired) electrons. The first-order valence-corrected chi connectivity index (χ1v) is 8.50. The van der Waals surface area contributed by atoms with E-state index in [2.05, 4.69) is 16.7 Å². The maximum Gasteiger partial charge on any atom is 0.255 e. The van der Waals surface area contributed by atoms with Crippen LogP contribution in [-0.4, -0.2) is 15.4 Å². The van der Waals surface area contributed by atoms with Gasteiger partial charge in [0.1, 0.15) is 0 Å². The smallest absolute Gasteiger partial charge is 0.255 e. The number of carbonyl (C=O) groups excluding carboxylic acids is 1. The van der Waals surface area contributed by atoms with Crippen LogP contribution < -0.4 is 0 Å². The SMILES string of the molecule is Cn1cccc1CN(Cc1cccs1)C(=O)c1ccsc1. The zero-order valence-electron chi connectivity index (χ0n) is 11.7. The van der Waals surface area contributed by atoms with E-state index in [1.807, 2.05) is 52.5 Å². The predicted octanol–water partition coefficient (Wildman–Crippen LogP) is 3.99. The van der Waals surface area contributed by atoms with Gasteiger partial charge >= 0.3 is 0 Å². The minimum Gasteiger partial charge on any atom is -0.353 e. The number of hydrogen-bond donors (Lipinski definition) is 0. The maximum atomic E-state index is 12.7. The minimum absolute atomic E-state index is 0.0888. The Morgan fingerprint density at radius 2 is 2.10 bits per heavy atom. The summed E-state index contributed by atoms with van der Waals surface area (Å²) < 4.78 is 2.06. The molecule has 0 bridgehead atoms. The van der Waals surface area contributed by atoms with E-state index < -0.39 is 0 Å². The van der Waals surface area contributed by atoms with E-state index in [0.717, 1.165) is 11.3 Å². The van der Waals surface area contributed by atoms with Crippen LogP contribution in [0, 0.1) is 0 Å². The quantitative estimate of drug-likeness (QED) is 0.698. The molecule has 0 spiro atoms. The lowest BCUT2D eigenvalue weighted by Crippen LogP contribution is -2.30. The van der Waals surface area contributed by atoms with Gasteiger partial charge in [-0.2, -0.15) is 11.3 Å². The Bertz CT molecular complexity index is 699. The van der Waals surface area contributed by atoms with Crippen molar-refractivity contribution in [1.82, 2.24) is 9.47 Å². The van der Waals surface area contributed by atoms with Crippen molar-refractivity contribution in [2.45, 2.75) is 13.1 Å². The monoisotopic (exact) mass is 316 g/mol. The minimum atomic E-state index is 0.0888. The molecule has 0 saturated heterocycles. The fourth-order valence-corrected chi connectivity index (χ4v) is 3.56. The van der Waals surface area contributed by atoms with Crippen LogP contribution in [0.25, 0.3) is 0 Å². The van der Waals surface area contributed by atoms with Crippen molar-refractivity contribution in [3.05, 3.63) is 68.8 Å². The largest absolute Gasteiger partial charge is 0.353 e. The Morgan fingerprint density at radius 1 is 1.19 bits per heavy atom. The third-order valence-corrected chi connectivity index (χ3v) is 4.93. The average molecular weight is 316 g/mol. The Morgan fingerprint density at radius 3 is 2.71 bits per heavy atom. The molecule has 0 fully saturated rings. The van der Waals surface area contributed by atoms with Gasteiger partial charge in [-0.1, -0.05) is 6.07 Å². The fraction of sp³-hybridized carbons (Fsp3) is 0.188. The number of aromatic nitrogens is 1. The number of hydrogen-bond acceptors (Lipinski definition) is 3. The van der Waals surface area contributed by atoms with Crippen LogP contribution in [-0.2, 0) is 20.1 Å². The second kappa shape index (κ2) is 6.28. The lowest BCUT2D eigenvalue weighted by Gasteiger charge is -2.22. The maximum absolute atomic E-state index is 12.7. The molecule has 3 aromatic rings. The molecule has 3 nitrogen and oxygen atoms in total. The molecule has 3 rings (SSSR count). The Hall–Kier alpha value is -1.85. The zero-order valence-corrected chi connectivity index (χ0v) is 13.4. The van der Waals surface area contributed by atoms with Gasteiger partial charge in [-0.3, -0.25) is 4.79 Å². The molecule has 0 aliphatic carbocycles. The van der Waals surface area contributed by atoms with Crippen LogP contribution in [0.3, 0.4) is 0 Å². The van der Waals surface area contributed by atoms with Gasteiger partial charge in [0.05, 0.1) is 18.7 Å². The predicted molar refractivity (Wildman–Crippen MR) is 87.6 cm³/mol. The van der Waals surface area contributed by atoms with Crippen LogP contribution in [0.15, 0.2) is 52.7 Å². The lowest BCUT2D eigenvalue weighted by molar-refractivity contribution is 0.0729. The summed E-state index contributed by atoms with van der Waals surface area (Å²) in [6, 6.07) is 10.1. The van der Waals surface area contributed by atoms with Crippen LogP contribution >= 0.6 is 22.7 Å². The zero-order chi connectivity index (χ0) is 14.7. The van der Waals surface area contributed by atoms with Crippen LogP contribution in [0.1, 0.15) is 20.9 Å². The van der Waals surface area contributed by atoms with Gasteiger partial charge in [-0.15, -0.1) is 11.3 Å². The van der Waals surface area contributed by atoms with Crippen molar-refractivity contribution in [3.63, 3.8) is 0 Å². The van der Waals surface area contributed by atoms with E-state index in [0.29, 0.717) is 13.1 Å². The average Bonchev–Trinajstić information content (AvgIpc) is 3.20. The van der Waals surface area contributed by atoms with E-state index in [1.165, 1.54) is 4.88 Å². The Kier molecular flexibility index (Phi) is 4.22. The van der Waals surface area contributed by atoms with E-state index >= 15 is 0 Å². The Balaban J connectivity index is 1.83. The standard InChI is InChI=1S/C16H16N2OS2/c1-17-7-2-4-14(17)10-18(11-15-5-3-8-21-15)16(19)13-6-9-20-12-13/h2-9,12H,10-11H2,1H3. The molecule has 3 aromatic heterocycles. The van der Waals surface area contributed by atoms with E-state index in [1.54, 1.807) is 22.7 Å². The highest BCUT2D eigenvalue weighted by Gasteiger charge is 2.18. The summed E-state index contributed by atoms with van der Waals surface area (Å²) >= 11 is 3.24. The van der Waals surface area contributed by atoms with Crippen molar-refractivity contribution in [3.8, 4) is 0 Å². The molecular formula is C16H16N2OS2. The number of carbonyl (C=O) groups is 1. The van der Waals surface area contributed by atoms with Gasteiger partial charge in [0.25, 0.3) is 5.91 Å². The Labute approximate surface area is 132 Å². The molecule has 0 unspecified atom stereocenters. The molecule has 3 heterocycles. The van der Waals surface area contributed by atoms with Crippen molar-refractivity contribution in [1.29, 1.82) is 0 Å². The number of rotatable bonds is 5. The summed E-state index contributed by atoms with van der Waals surface area (Å²) in [7, 11) is 2.01. The highest BCUT2D eigenvalue weighted by atomic mass is 32.1. The first kappa shape index (κ1) is 14.1. The van der Waals surface area contributed by atoms with Gasteiger partial charge in [-0.05, 0) is 35.0 Å². The van der Waals surface area contributed by atoms with Crippen molar-refractivity contribution < 1.29 is 4.79 Å². The number of amides is 1. The van der Waals surface area contributed by atoms with Gasteiger partial charge < -0.3 is 9.47 Å². The van der Waals surface area contributed by atoms with E-state index in [4.69, 9.17) is 0 Å². The normalized spacial score (nSPS) is 10.7.